The molecule has 0 amide bonds. The lowest BCUT2D eigenvalue weighted by Gasteiger charge is -2.16. The first-order chi connectivity index (χ1) is 18.2. The minimum Gasteiger partial charge on any atom is -0.495 e. The van der Waals surface area contributed by atoms with Crippen LogP contribution in [0.5, 0.6) is 11.6 Å². The number of rotatable bonds is 7. The molecule has 2 aromatic carbocycles. The molecule has 0 fully saturated rings. The summed E-state index contributed by atoms with van der Waals surface area (Å²) in [5.74, 6) is -0.265. The van der Waals surface area contributed by atoms with Gasteiger partial charge in [-0.1, -0.05) is 16.8 Å². The van der Waals surface area contributed by atoms with E-state index < -0.39 is 21.4 Å². The standard InChI is InChI=1S/C25H18ClFN4O6S/c1-35-22-11-17(15-10-18(26)25(36-2)28-13-15)19(27)12-21(22)31-20-5-4-16(9-14(20)3-6-24(31)32)38(33,34)30-23-7-8-37-29-23/h3-13H,1-2H3,(H,29,30). The van der Waals surface area contributed by atoms with Crippen molar-refractivity contribution in [3.8, 4) is 28.4 Å². The first-order valence-electron chi connectivity index (χ1n) is 10.9. The van der Waals surface area contributed by atoms with Gasteiger partial charge in [-0.15, -0.1) is 0 Å². The number of anilines is 1. The minimum absolute atomic E-state index is 0.0173. The van der Waals surface area contributed by atoms with Gasteiger partial charge in [-0.25, -0.2) is 17.8 Å². The highest BCUT2D eigenvalue weighted by Gasteiger charge is 2.20. The Morgan fingerprint density at radius 2 is 1.87 bits per heavy atom. The van der Waals surface area contributed by atoms with Gasteiger partial charge in [0.15, 0.2) is 5.82 Å². The molecule has 0 saturated carbocycles. The van der Waals surface area contributed by atoms with Crippen LogP contribution in [0, 0.1) is 5.82 Å². The SMILES string of the molecule is COc1cc(-c2cnc(OC)c(Cl)c2)c(F)cc1-n1c(=O)ccc2cc(S(=O)(=O)Nc3ccon3)ccc21. The lowest BCUT2D eigenvalue weighted by molar-refractivity contribution is 0.398. The maximum atomic E-state index is 15.4. The monoisotopic (exact) mass is 556 g/mol. The lowest BCUT2D eigenvalue weighted by atomic mass is 10.1. The Kier molecular flexibility index (Phi) is 6.51. The van der Waals surface area contributed by atoms with Crippen molar-refractivity contribution in [1.29, 1.82) is 0 Å². The summed E-state index contributed by atoms with van der Waals surface area (Å²) >= 11 is 6.16. The van der Waals surface area contributed by atoms with Crippen LogP contribution in [0.15, 0.2) is 81.3 Å². The zero-order chi connectivity index (χ0) is 27.0. The number of methoxy groups -OCH3 is 2. The number of nitrogens with one attached hydrogen (secondary N) is 1. The predicted molar refractivity (Wildman–Crippen MR) is 138 cm³/mol. The molecule has 13 heteroatoms. The predicted octanol–water partition coefficient (Wildman–Crippen LogP) is 4.65. The number of ether oxygens (including phenoxy) is 2. The molecule has 0 spiro atoms. The Hall–Kier alpha value is -4.42. The number of hydrogen-bond donors (Lipinski definition) is 1. The zero-order valence-electron chi connectivity index (χ0n) is 19.8. The van der Waals surface area contributed by atoms with Crippen LogP contribution < -0.4 is 19.8 Å². The number of sulfonamides is 1. The molecule has 5 aromatic rings. The van der Waals surface area contributed by atoms with E-state index >= 15 is 4.39 Å². The van der Waals surface area contributed by atoms with Gasteiger partial charge in [0, 0.05) is 40.9 Å². The summed E-state index contributed by atoms with van der Waals surface area (Å²) in [7, 11) is -1.20. The molecule has 38 heavy (non-hydrogen) atoms. The quantitative estimate of drug-likeness (QED) is 0.307. The van der Waals surface area contributed by atoms with E-state index in [1.165, 1.54) is 79.8 Å². The van der Waals surface area contributed by atoms with E-state index in [0.29, 0.717) is 16.5 Å². The second-order valence-electron chi connectivity index (χ2n) is 7.94. The molecule has 0 unspecified atom stereocenters. The number of benzene rings is 2. The average molecular weight is 557 g/mol. The van der Waals surface area contributed by atoms with Crippen LogP contribution in [0.25, 0.3) is 27.7 Å². The Morgan fingerprint density at radius 1 is 1.05 bits per heavy atom. The molecule has 0 bridgehead atoms. The summed E-state index contributed by atoms with van der Waals surface area (Å²) in [6, 6.07) is 12.3. The maximum Gasteiger partial charge on any atom is 0.263 e. The normalized spacial score (nSPS) is 11.5. The number of aromatic nitrogens is 3. The third kappa shape index (κ3) is 4.55. The summed E-state index contributed by atoms with van der Waals surface area (Å²) in [4.78, 5) is 17.0. The molecule has 5 rings (SSSR count). The summed E-state index contributed by atoms with van der Waals surface area (Å²) in [5.41, 5.74) is 0.486. The highest BCUT2D eigenvalue weighted by Crippen LogP contribution is 2.35. The molecule has 0 aliphatic rings. The molecular formula is C25H18ClFN4O6S. The summed E-state index contributed by atoms with van der Waals surface area (Å²) < 4.78 is 59.7. The molecule has 0 aliphatic carbocycles. The highest BCUT2D eigenvalue weighted by atomic mass is 35.5. The molecule has 194 valence electrons. The Labute approximate surface area is 220 Å². The van der Waals surface area contributed by atoms with Gasteiger partial charge >= 0.3 is 0 Å². The van der Waals surface area contributed by atoms with Crippen molar-refractivity contribution in [2.75, 3.05) is 18.9 Å². The van der Waals surface area contributed by atoms with E-state index in [4.69, 9.17) is 21.1 Å². The average Bonchev–Trinajstić information content (AvgIpc) is 3.40. The van der Waals surface area contributed by atoms with Gasteiger partial charge in [-0.3, -0.25) is 14.1 Å². The van der Waals surface area contributed by atoms with Crippen LogP contribution in [0.1, 0.15) is 0 Å². The van der Waals surface area contributed by atoms with Gasteiger partial charge in [-0.05, 0) is 36.4 Å². The van der Waals surface area contributed by atoms with E-state index in [2.05, 4.69) is 19.4 Å². The first-order valence-corrected chi connectivity index (χ1v) is 12.7. The van der Waals surface area contributed by atoms with Crippen molar-refractivity contribution >= 4 is 38.3 Å². The van der Waals surface area contributed by atoms with E-state index in [1.54, 1.807) is 0 Å². The van der Waals surface area contributed by atoms with Crippen molar-refractivity contribution in [1.82, 2.24) is 14.7 Å². The number of halogens is 2. The van der Waals surface area contributed by atoms with Crippen LogP contribution in [0.4, 0.5) is 10.2 Å². The van der Waals surface area contributed by atoms with Gasteiger partial charge < -0.3 is 14.0 Å². The van der Waals surface area contributed by atoms with Gasteiger partial charge in [0.2, 0.25) is 5.88 Å². The topological polar surface area (TPSA) is 126 Å². The number of pyridine rings is 2. The summed E-state index contributed by atoms with van der Waals surface area (Å²) in [5, 5.41) is 4.15. The smallest absolute Gasteiger partial charge is 0.263 e. The Morgan fingerprint density at radius 3 is 2.55 bits per heavy atom. The molecule has 1 N–H and O–H groups in total. The van der Waals surface area contributed by atoms with Crippen LogP contribution in [0.3, 0.4) is 0 Å². The van der Waals surface area contributed by atoms with E-state index in [9.17, 15) is 13.2 Å². The molecule has 3 aromatic heterocycles. The Bertz CT molecular complexity index is 1840. The van der Waals surface area contributed by atoms with E-state index in [0.717, 1.165) is 6.07 Å². The van der Waals surface area contributed by atoms with Crippen molar-refractivity contribution in [2.24, 2.45) is 0 Å². The van der Waals surface area contributed by atoms with Gasteiger partial charge in [-0.2, -0.15) is 0 Å². The van der Waals surface area contributed by atoms with Crippen LogP contribution in [-0.2, 0) is 10.0 Å². The van der Waals surface area contributed by atoms with Crippen LogP contribution >= 0.6 is 11.6 Å². The fourth-order valence-electron chi connectivity index (χ4n) is 3.93. The Balaban J connectivity index is 1.63. The molecule has 0 aliphatic heterocycles. The van der Waals surface area contributed by atoms with Gasteiger partial charge in [0.25, 0.3) is 15.6 Å². The number of fused-ring (bicyclic) bond motifs is 1. The first kappa shape index (κ1) is 25.2. The third-order valence-electron chi connectivity index (χ3n) is 5.67. The minimum atomic E-state index is -4.00. The second kappa shape index (κ2) is 9.80. The summed E-state index contributed by atoms with van der Waals surface area (Å²) in [6.07, 6.45) is 2.63. The molecule has 10 nitrogen and oxygen atoms in total. The largest absolute Gasteiger partial charge is 0.495 e. The molecule has 3 heterocycles. The van der Waals surface area contributed by atoms with E-state index in [1.807, 2.05) is 0 Å². The molecule has 0 saturated heterocycles. The summed E-state index contributed by atoms with van der Waals surface area (Å²) in [6.45, 7) is 0. The van der Waals surface area contributed by atoms with Crippen molar-refractivity contribution in [3.63, 3.8) is 0 Å². The number of hydrogen-bond acceptors (Lipinski definition) is 8. The molecule has 0 radical (unpaired) electrons. The fourth-order valence-corrected chi connectivity index (χ4v) is 5.20. The van der Waals surface area contributed by atoms with Crippen molar-refractivity contribution in [3.05, 3.63) is 88.3 Å². The lowest BCUT2D eigenvalue weighted by Crippen LogP contribution is -2.19. The van der Waals surface area contributed by atoms with Crippen molar-refractivity contribution in [2.45, 2.75) is 4.90 Å². The fraction of sp³-hybridized carbons (Fsp3) is 0.0800. The second-order valence-corrected chi connectivity index (χ2v) is 10.0. The van der Waals surface area contributed by atoms with Crippen LogP contribution in [0.2, 0.25) is 5.02 Å². The highest BCUT2D eigenvalue weighted by molar-refractivity contribution is 7.92. The van der Waals surface area contributed by atoms with Gasteiger partial charge in [0.1, 0.15) is 22.9 Å². The zero-order valence-corrected chi connectivity index (χ0v) is 21.4. The van der Waals surface area contributed by atoms with Crippen LogP contribution in [-0.4, -0.2) is 37.3 Å². The molecular weight excluding hydrogens is 539 g/mol. The van der Waals surface area contributed by atoms with Crippen molar-refractivity contribution < 1.29 is 26.8 Å². The van der Waals surface area contributed by atoms with Gasteiger partial charge in [0.05, 0.1) is 30.3 Å². The molecule has 0 atom stereocenters. The maximum absolute atomic E-state index is 15.4. The van der Waals surface area contributed by atoms with E-state index in [-0.39, 0.29) is 38.6 Å². The number of nitrogens with zero attached hydrogens (tertiary/aromatic N) is 3. The third-order valence-corrected chi connectivity index (χ3v) is 7.30.